The largest absolute Gasteiger partial charge is 0.493 e. The smallest absolute Gasteiger partial charge is 0.310 e. The normalized spacial score (nSPS) is 10.3. The molecule has 7 heteroatoms. The molecule has 0 atom stereocenters. The number of carbonyl (C=O) groups excluding carboxylic acids is 2. The maximum absolute atomic E-state index is 12.0. The highest BCUT2D eigenvalue weighted by atomic mass is 79.9. The van der Waals surface area contributed by atoms with Crippen LogP contribution in [0.2, 0.25) is 0 Å². The van der Waals surface area contributed by atoms with Crippen LogP contribution in [0, 0.1) is 6.92 Å². The average Bonchev–Trinajstić information content (AvgIpc) is 3.00. The molecule has 1 heterocycles. The van der Waals surface area contributed by atoms with Gasteiger partial charge in [-0.2, -0.15) is 0 Å². The van der Waals surface area contributed by atoms with Crippen molar-refractivity contribution in [2.45, 2.75) is 13.3 Å². The lowest BCUT2D eigenvalue weighted by Gasteiger charge is -2.11. The lowest BCUT2D eigenvalue weighted by atomic mass is 10.1. The van der Waals surface area contributed by atoms with Crippen molar-refractivity contribution in [3.63, 3.8) is 0 Å². The summed E-state index contributed by atoms with van der Waals surface area (Å²) >= 11 is 4.77. The van der Waals surface area contributed by atoms with E-state index in [4.69, 9.17) is 14.2 Å². The number of ether oxygens (including phenoxy) is 3. The molecule has 0 radical (unpaired) electrons. The number of benzene rings is 1. The fourth-order valence-electron chi connectivity index (χ4n) is 2.04. The first-order valence-corrected chi connectivity index (χ1v) is 8.71. The highest BCUT2D eigenvalue weighted by Gasteiger charge is 2.15. The zero-order chi connectivity index (χ0) is 17.7. The number of carbonyl (C=O) groups is 2. The van der Waals surface area contributed by atoms with E-state index in [1.807, 2.05) is 13.0 Å². The molecule has 0 bridgehead atoms. The van der Waals surface area contributed by atoms with Gasteiger partial charge in [0.25, 0.3) is 0 Å². The highest BCUT2D eigenvalue weighted by Crippen LogP contribution is 2.33. The van der Waals surface area contributed by atoms with E-state index in [0.717, 1.165) is 4.88 Å². The second-order valence-electron chi connectivity index (χ2n) is 4.97. The number of Topliss-reactive ketones (excluding diaryl/α,β-unsaturated/α-hetero) is 1. The Morgan fingerprint density at radius 1 is 1.12 bits per heavy atom. The number of hydrogen-bond donors (Lipinski definition) is 0. The summed E-state index contributed by atoms with van der Waals surface area (Å²) in [5, 5.41) is 0. The standard InChI is InChI=1S/C17H17BrO5S/c1-10-4-5-16(24-10)13(19)9-23-17(20)7-11-6-14(21-2)15(22-3)8-12(11)18/h4-6,8H,7,9H2,1-3H3. The van der Waals surface area contributed by atoms with E-state index in [1.165, 1.54) is 25.6 Å². The Kier molecular flexibility index (Phi) is 6.39. The number of aryl methyl sites for hydroxylation is 1. The van der Waals surface area contributed by atoms with Gasteiger partial charge in [-0.3, -0.25) is 9.59 Å². The summed E-state index contributed by atoms with van der Waals surface area (Å²) in [7, 11) is 3.06. The highest BCUT2D eigenvalue weighted by molar-refractivity contribution is 9.10. The molecule has 0 aliphatic carbocycles. The second-order valence-corrected chi connectivity index (χ2v) is 7.11. The summed E-state index contributed by atoms with van der Waals surface area (Å²) in [6.07, 6.45) is 0.0255. The monoisotopic (exact) mass is 412 g/mol. The molecular weight excluding hydrogens is 396 g/mol. The van der Waals surface area contributed by atoms with Crippen LogP contribution in [0.4, 0.5) is 0 Å². The molecular formula is C17H17BrO5S. The molecule has 5 nitrogen and oxygen atoms in total. The number of rotatable bonds is 7. The van der Waals surface area contributed by atoms with Crippen LogP contribution in [0.1, 0.15) is 20.1 Å². The minimum Gasteiger partial charge on any atom is -0.493 e. The Balaban J connectivity index is 1.98. The van der Waals surface area contributed by atoms with Crippen LogP contribution in [0.3, 0.4) is 0 Å². The van der Waals surface area contributed by atoms with Crippen LogP contribution in [0.5, 0.6) is 11.5 Å². The van der Waals surface area contributed by atoms with E-state index in [1.54, 1.807) is 18.2 Å². The van der Waals surface area contributed by atoms with Gasteiger partial charge in [0.15, 0.2) is 18.1 Å². The van der Waals surface area contributed by atoms with Crippen molar-refractivity contribution < 1.29 is 23.8 Å². The summed E-state index contributed by atoms with van der Waals surface area (Å²) in [5.74, 6) is 0.399. The third-order valence-electron chi connectivity index (χ3n) is 3.27. The lowest BCUT2D eigenvalue weighted by Crippen LogP contribution is -2.15. The lowest BCUT2D eigenvalue weighted by molar-refractivity contribution is -0.141. The van der Waals surface area contributed by atoms with Crippen molar-refractivity contribution in [2.75, 3.05) is 20.8 Å². The molecule has 0 saturated carbocycles. The third kappa shape index (κ3) is 4.58. The molecule has 1 aromatic heterocycles. The van der Waals surface area contributed by atoms with Crippen LogP contribution in [-0.4, -0.2) is 32.6 Å². The molecule has 24 heavy (non-hydrogen) atoms. The second kappa shape index (κ2) is 8.30. The fourth-order valence-corrected chi connectivity index (χ4v) is 3.29. The Labute approximate surface area is 152 Å². The van der Waals surface area contributed by atoms with Gasteiger partial charge in [-0.05, 0) is 36.8 Å². The van der Waals surface area contributed by atoms with Crippen molar-refractivity contribution >= 4 is 39.0 Å². The predicted molar refractivity (Wildman–Crippen MR) is 95.3 cm³/mol. The van der Waals surface area contributed by atoms with Crippen LogP contribution in [-0.2, 0) is 16.0 Å². The van der Waals surface area contributed by atoms with E-state index < -0.39 is 5.97 Å². The van der Waals surface area contributed by atoms with Gasteiger partial charge < -0.3 is 14.2 Å². The molecule has 0 fully saturated rings. The van der Waals surface area contributed by atoms with Crippen LogP contribution < -0.4 is 9.47 Å². The number of thiophene rings is 1. The van der Waals surface area contributed by atoms with Crippen molar-refractivity contribution in [1.82, 2.24) is 0 Å². The summed E-state index contributed by atoms with van der Waals surface area (Å²) in [6.45, 7) is 1.66. The first-order chi connectivity index (χ1) is 11.4. The van der Waals surface area contributed by atoms with Gasteiger partial charge in [0.05, 0.1) is 25.5 Å². The van der Waals surface area contributed by atoms with Gasteiger partial charge in [0.2, 0.25) is 5.78 Å². The van der Waals surface area contributed by atoms with E-state index in [-0.39, 0.29) is 18.8 Å². The van der Waals surface area contributed by atoms with E-state index >= 15 is 0 Å². The van der Waals surface area contributed by atoms with Gasteiger partial charge in [-0.1, -0.05) is 15.9 Å². The maximum Gasteiger partial charge on any atom is 0.310 e. The molecule has 0 unspecified atom stereocenters. The zero-order valence-corrected chi connectivity index (χ0v) is 16.0. The maximum atomic E-state index is 12.0. The van der Waals surface area contributed by atoms with Gasteiger partial charge >= 0.3 is 5.97 Å². The Bertz CT molecular complexity index is 753. The molecule has 0 aliphatic rings. The van der Waals surface area contributed by atoms with Crippen molar-refractivity contribution in [3.05, 3.63) is 44.1 Å². The number of esters is 1. The minimum absolute atomic E-state index is 0.0255. The quantitative estimate of drug-likeness (QED) is 0.511. The summed E-state index contributed by atoms with van der Waals surface area (Å²) in [6, 6.07) is 7.03. The Hall–Kier alpha value is -1.86. The molecule has 0 saturated heterocycles. The van der Waals surface area contributed by atoms with Crippen molar-refractivity contribution in [2.24, 2.45) is 0 Å². The number of halogens is 1. The fraction of sp³-hybridized carbons (Fsp3) is 0.294. The Morgan fingerprint density at radius 2 is 1.79 bits per heavy atom. The van der Waals surface area contributed by atoms with Crippen LogP contribution in [0.25, 0.3) is 0 Å². The van der Waals surface area contributed by atoms with Gasteiger partial charge in [-0.25, -0.2) is 0 Å². The molecule has 1 aromatic carbocycles. The molecule has 0 spiro atoms. The van der Waals surface area contributed by atoms with E-state index in [2.05, 4.69) is 15.9 Å². The molecule has 0 aliphatic heterocycles. The topological polar surface area (TPSA) is 61.8 Å². The predicted octanol–water partition coefficient (Wildman–Crippen LogP) is 3.80. The molecule has 128 valence electrons. The van der Waals surface area contributed by atoms with Crippen LogP contribution in [0.15, 0.2) is 28.7 Å². The van der Waals surface area contributed by atoms with E-state index in [9.17, 15) is 9.59 Å². The zero-order valence-electron chi connectivity index (χ0n) is 13.6. The molecule has 0 N–H and O–H groups in total. The van der Waals surface area contributed by atoms with Crippen molar-refractivity contribution in [1.29, 1.82) is 0 Å². The summed E-state index contributed by atoms with van der Waals surface area (Å²) in [5.41, 5.74) is 0.692. The molecule has 2 aromatic rings. The average molecular weight is 413 g/mol. The Morgan fingerprint density at radius 3 is 2.38 bits per heavy atom. The SMILES string of the molecule is COc1cc(Br)c(CC(=O)OCC(=O)c2ccc(C)s2)cc1OC. The molecule has 0 amide bonds. The van der Waals surface area contributed by atoms with Gasteiger partial charge in [-0.15, -0.1) is 11.3 Å². The number of hydrogen-bond acceptors (Lipinski definition) is 6. The minimum atomic E-state index is -0.482. The van der Waals surface area contributed by atoms with Gasteiger partial charge in [0, 0.05) is 9.35 Å². The summed E-state index contributed by atoms with van der Waals surface area (Å²) < 4.78 is 16.2. The van der Waals surface area contributed by atoms with Gasteiger partial charge in [0.1, 0.15) is 0 Å². The first kappa shape index (κ1) is 18.5. The number of ketones is 1. The van der Waals surface area contributed by atoms with Crippen molar-refractivity contribution in [3.8, 4) is 11.5 Å². The molecule has 2 rings (SSSR count). The number of methoxy groups -OCH3 is 2. The van der Waals surface area contributed by atoms with E-state index in [0.29, 0.717) is 26.4 Å². The van der Waals surface area contributed by atoms with Crippen LogP contribution >= 0.6 is 27.3 Å². The third-order valence-corrected chi connectivity index (χ3v) is 5.05. The first-order valence-electron chi connectivity index (χ1n) is 7.10. The summed E-state index contributed by atoms with van der Waals surface area (Å²) in [4.78, 5) is 25.6.